The lowest BCUT2D eigenvalue weighted by atomic mass is 10.1. The summed E-state index contributed by atoms with van der Waals surface area (Å²) in [6.07, 6.45) is 1.84. The van der Waals surface area contributed by atoms with E-state index in [1.165, 1.54) is 0 Å². The van der Waals surface area contributed by atoms with Crippen molar-refractivity contribution in [3.8, 4) is 0 Å². The van der Waals surface area contributed by atoms with Crippen LogP contribution in [0.4, 0.5) is 0 Å². The maximum atomic E-state index is 12.5. The Hall–Kier alpha value is -2.88. The largest absolute Gasteiger partial charge is 0.342 e. The molecule has 4 heteroatoms. The first-order valence-electron chi connectivity index (χ1n) is 8.03. The van der Waals surface area contributed by atoms with Gasteiger partial charge in [0.25, 0.3) is 5.91 Å². The maximum absolute atomic E-state index is 12.5. The fourth-order valence-corrected chi connectivity index (χ4v) is 2.88. The molecular formula is C20H21N3O. The van der Waals surface area contributed by atoms with E-state index in [1.54, 1.807) is 0 Å². The Morgan fingerprint density at radius 2 is 2.08 bits per heavy atom. The molecule has 2 aromatic carbocycles. The molecule has 3 rings (SSSR count). The number of nitrogens with one attached hydrogen (secondary N) is 1. The van der Waals surface area contributed by atoms with Crippen molar-refractivity contribution in [3.63, 3.8) is 0 Å². The first-order chi connectivity index (χ1) is 11.6. The second kappa shape index (κ2) is 6.71. The highest BCUT2D eigenvalue weighted by molar-refractivity contribution is 5.94. The number of hydrogen-bond acceptors (Lipinski definition) is 2. The average Bonchev–Trinajstić information content (AvgIpc) is 2.94. The van der Waals surface area contributed by atoms with Gasteiger partial charge in [0.05, 0.1) is 17.1 Å². The van der Waals surface area contributed by atoms with E-state index in [2.05, 4.69) is 16.5 Å². The Kier molecular flexibility index (Phi) is 4.47. The van der Waals surface area contributed by atoms with Crippen LogP contribution in [0.3, 0.4) is 0 Å². The number of rotatable bonds is 5. The minimum Gasteiger partial charge on any atom is -0.342 e. The molecule has 0 aliphatic rings. The summed E-state index contributed by atoms with van der Waals surface area (Å²) in [6.45, 7) is 8.41. The van der Waals surface area contributed by atoms with Gasteiger partial charge in [-0.1, -0.05) is 35.9 Å². The molecule has 0 aliphatic heterocycles. The van der Waals surface area contributed by atoms with Crippen LogP contribution in [0.2, 0.25) is 0 Å². The number of aromatic nitrogens is 2. The number of aryl methyl sites for hydroxylation is 1. The number of nitrogens with zero attached hydrogens (tertiary/aromatic N) is 2. The van der Waals surface area contributed by atoms with Gasteiger partial charge in [-0.15, -0.1) is 6.58 Å². The number of benzene rings is 2. The van der Waals surface area contributed by atoms with Crippen LogP contribution in [0, 0.1) is 6.92 Å². The van der Waals surface area contributed by atoms with Gasteiger partial charge in [0.15, 0.2) is 0 Å². The van der Waals surface area contributed by atoms with E-state index in [0.717, 1.165) is 22.4 Å². The lowest BCUT2D eigenvalue weighted by Gasteiger charge is -2.15. The van der Waals surface area contributed by atoms with Crippen molar-refractivity contribution in [2.45, 2.75) is 26.4 Å². The zero-order valence-corrected chi connectivity index (χ0v) is 14.0. The van der Waals surface area contributed by atoms with Gasteiger partial charge in [-0.25, -0.2) is 4.98 Å². The standard InChI is InChI=1S/C20H21N3O/c1-4-12-23-18-11-6-5-10-17(18)22-19(23)15(3)21-20(24)16-9-7-8-14(2)13-16/h4-11,13,15H,1,12H2,2-3H3,(H,21,24)/t15-/m1/s1. The Balaban J connectivity index is 1.90. The summed E-state index contributed by atoms with van der Waals surface area (Å²) < 4.78 is 2.09. The molecule has 3 aromatic rings. The van der Waals surface area contributed by atoms with E-state index < -0.39 is 0 Å². The number of allylic oxidation sites excluding steroid dienone is 1. The number of para-hydroxylation sites is 2. The molecule has 1 aromatic heterocycles. The van der Waals surface area contributed by atoms with Gasteiger partial charge in [-0.05, 0) is 38.1 Å². The van der Waals surface area contributed by atoms with Gasteiger partial charge in [-0.3, -0.25) is 4.79 Å². The van der Waals surface area contributed by atoms with Gasteiger partial charge < -0.3 is 9.88 Å². The molecule has 1 N–H and O–H groups in total. The van der Waals surface area contributed by atoms with E-state index in [1.807, 2.05) is 68.5 Å². The zero-order chi connectivity index (χ0) is 17.1. The summed E-state index contributed by atoms with van der Waals surface area (Å²) in [5.41, 5.74) is 3.69. The fraction of sp³-hybridized carbons (Fsp3) is 0.200. The second-order valence-electron chi connectivity index (χ2n) is 5.92. The van der Waals surface area contributed by atoms with Crippen molar-refractivity contribution in [1.29, 1.82) is 0 Å². The number of hydrogen-bond donors (Lipinski definition) is 1. The van der Waals surface area contributed by atoms with Gasteiger partial charge in [0.1, 0.15) is 5.82 Å². The maximum Gasteiger partial charge on any atom is 0.251 e. The quantitative estimate of drug-likeness (QED) is 0.722. The highest BCUT2D eigenvalue weighted by Gasteiger charge is 2.18. The first-order valence-corrected chi connectivity index (χ1v) is 8.03. The third kappa shape index (κ3) is 3.08. The molecule has 0 unspecified atom stereocenters. The van der Waals surface area contributed by atoms with E-state index in [4.69, 9.17) is 4.98 Å². The SMILES string of the molecule is C=CCn1c([C@@H](C)NC(=O)c2cccc(C)c2)nc2ccccc21. The predicted molar refractivity (Wildman–Crippen MR) is 97.0 cm³/mol. The number of fused-ring (bicyclic) bond motifs is 1. The monoisotopic (exact) mass is 319 g/mol. The molecule has 4 nitrogen and oxygen atoms in total. The van der Waals surface area contributed by atoms with Crippen molar-refractivity contribution >= 4 is 16.9 Å². The van der Waals surface area contributed by atoms with Crippen LogP contribution in [-0.4, -0.2) is 15.5 Å². The van der Waals surface area contributed by atoms with Crippen LogP contribution in [-0.2, 0) is 6.54 Å². The topological polar surface area (TPSA) is 46.9 Å². The normalized spacial score (nSPS) is 12.1. The minimum atomic E-state index is -0.203. The molecule has 0 radical (unpaired) electrons. The van der Waals surface area contributed by atoms with Crippen molar-refractivity contribution in [2.24, 2.45) is 0 Å². The third-order valence-corrected chi connectivity index (χ3v) is 4.01. The Morgan fingerprint density at radius 1 is 1.29 bits per heavy atom. The van der Waals surface area contributed by atoms with E-state index in [0.29, 0.717) is 12.1 Å². The van der Waals surface area contributed by atoms with Crippen molar-refractivity contribution in [2.75, 3.05) is 0 Å². The van der Waals surface area contributed by atoms with Crippen LogP contribution in [0.5, 0.6) is 0 Å². The number of amides is 1. The van der Waals surface area contributed by atoms with Crippen molar-refractivity contribution in [3.05, 3.63) is 78.1 Å². The van der Waals surface area contributed by atoms with Crippen LogP contribution in [0.1, 0.15) is 34.7 Å². The summed E-state index contributed by atoms with van der Waals surface area (Å²) in [7, 11) is 0. The van der Waals surface area contributed by atoms with Gasteiger partial charge in [0, 0.05) is 12.1 Å². The molecule has 24 heavy (non-hydrogen) atoms. The van der Waals surface area contributed by atoms with Crippen LogP contribution < -0.4 is 5.32 Å². The predicted octanol–water partition coefficient (Wildman–Crippen LogP) is 4.02. The summed E-state index contributed by atoms with van der Waals surface area (Å²) in [4.78, 5) is 17.2. The zero-order valence-electron chi connectivity index (χ0n) is 14.0. The van der Waals surface area contributed by atoms with Gasteiger partial charge in [-0.2, -0.15) is 0 Å². The first kappa shape index (κ1) is 16.0. The molecule has 122 valence electrons. The third-order valence-electron chi connectivity index (χ3n) is 4.01. The van der Waals surface area contributed by atoms with E-state index >= 15 is 0 Å². The molecule has 1 atom stereocenters. The fourth-order valence-electron chi connectivity index (χ4n) is 2.88. The average molecular weight is 319 g/mol. The minimum absolute atomic E-state index is 0.0941. The van der Waals surface area contributed by atoms with Crippen LogP contribution in [0.25, 0.3) is 11.0 Å². The van der Waals surface area contributed by atoms with Gasteiger partial charge >= 0.3 is 0 Å². The Bertz CT molecular complexity index is 895. The Morgan fingerprint density at radius 3 is 2.83 bits per heavy atom. The second-order valence-corrected chi connectivity index (χ2v) is 5.92. The molecule has 0 spiro atoms. The summed E-state index contributed by atoms with van der Waals surface area (Å²) in [5, 5.41) is 3.04. The van der Waals surface area contributed by atoms with E-state index in [-0.39, 0.29) is 11.9 Å². The Labute approximate surface area is 141 Å². The summed E-state index contributed by atoms with van der Waals surface area (Å²) in [5.74, 6) is 0.737. The number of carbonyl (C=O) groups excluding carboxylic acids is 1. The molecule has 1 heterocycles. The molecule has 0 saturated carbocycles. The summed E-state index contributed by atoms with van der Waals surface area (Å²) >= 11 is 0. The lowest BCUT2D eigenvalue weighted by molar-refractivity contribution is 0.0937. The smallest absolute Gasteiger partial charge is 0.251 e. The highest BCUT2D eigenvalue weighted by atomic mass is 16.1. The molecule has 1 amide bonds. The van der Waals surface area contributed by atoms with Crippen LogP contribution >= 0.6 is 0 Å². The molecular weight excluding hydrogens is 298 g/mol. The number of carbonyl (C=O) groups is 1. The molecule has 0 aliphatic carbocycles. The van der Waals surface area contributed by atoms with Crippen molar-refractivity contribution in [1.82, 2.24) is 14.9 Å². The molecule has 0 bridgehead atoms. The molecule has 0 fully saturated rings. The number of imidazole rings is 1. The van der Waals surface area contributed by atoms with Crippen molar-refractivity contribution < 1.29 is 4.79 Å². The van der Waals surface area contributed by atoms with E-state index in [9.17, 15) is 4.79 Å². The summed E-state index contributed by atoms with van der Waals surface area (Å²) in [6, 6.07) is 15.3. The molecule has 0 saturated heterocycles. The van der Waals surface area contributed by atoms with Gasteiger partial charge in [0.2, 0.25) is 0 Å². The lowest BCUT2D eigenvalue weighted by Crippen LogP contribution is -2.28. The highest BCUT2D eigenvalue weighted by Crippen LogP contribution is 2.21. The van der Waals surface area contributed by atoms with Crippen LogP contribution in [0.15, 0.2) is 61.2 Å².